The van der Waals surface area contributed by atoms with E-state index in [0.717, 1.165) is 5.56 Å². The predicted octanol–water partition coefficient (Wildman–Crippen LogP) is 3.81. The average Bonchev–Trinajstić information content (AvgIpc) is 3.25. The van der Waals surface area contributed by atoms with E-state index in [0.29, 0.717) is 17.1 Å². The Kier molecular flexibility index (Phi) is 5.58. The van der Waals surface area contributed by atoms with Gasteiger partial charge in [-0.05, 0) is 35.4 Å². The van der Waals surface area contributed by atoms with Gasteiger partial charge in [-0.3, -0.25) is 0 Å². The Morgan fingerprint density at radius 3 is 2.33 bits per heavy atom. The summed E-state index contributed by atoms with van der Waals surface area (Å²) in [6, 6.07) is 21.8. The van der Waals surface area contributed by atoms with Gasteiger partial charge < -0.3 is 19.5 Å². The van der Waals surface area contributed by atoms with Gasteiger partial charge in [0.15, 0.2) is 16.9 Å². The van der Waals surface area contributed by atoms with Crippen molar-refractivity contribution in [3.8, 4) is 11.5 Å². The Balaban J connectivity index is 1.61. The number of benzene rings is 3. The lowest BCUT2D eigenvalue weighted by atomic mass is 10.2. The first-order valence-corrected chi connectivity index (χ1v) is 10.7. The van der Waals surface area contributed by atoms with Crippen molar-refractivity contribution < 1.29 is 27.4 Å². The van der Waals surface area contributed by atoms with Crippen LogP contribution in [0.1, 0.15) is 16.5 Å². The summed E-state index contributed by atoms with van der Waals surface area (Å²) in [5.41, 5.74) is 1.12. The van der Waals surface area contributed by atoms with Gasteiger partial charge in [0.25, 0.3) is 0 Å². The molecule has 7 nitrogen and oxygen atoms in total. The van der Waals surface area contributed by atoms with Crippen LogP contribution in [0.25, 0.3) is 0 Å². The molecule has 154 valence electrons. The molecule has 3 aromatic carbocycles. The van der Waals surface area contributed by atoms with Crippen molar-refractivity contribution in [3.05, 3.63) is 90.0 Å². The molecule has 1 heterocycles. The standard InChI is InChI=1S/C22H19NO6S/c24-22(27-14-16-7-3-1-4-8-16)23-21(30(25,26)18-9-5-2-6-10-18)17-11-12-19-20(13-17)29-15-28-19/h1-13,21H,14-15H2,(H,23,24). The van der Waals surface area contributed by atoms with Crippen molar-refractivity contribution in [3.63, 3.8) is 0 Å². The maximum absolute atomic E-state index is 13.3. The molecule has 1 N–H and O–H groups in total. The first-order chi connectivity index (χ1) is 14.5. The quantitative estimate of drug-likeness (QED) is 0.646. The third-order valence-electron chi connectivity index (χ3n) is 4.54. The molecule has 0 saturated carbocycles. The second-order valence-corrected chi connectivity index (χ2v) is 8.59. The van der Waals surface area contributed by atoms with E-state index in [1.807, 2.05) is 30.3 Å². The van der Waals surface area contributed by atoms with E-state index in [9.17, 15) is 13.2 Å². The zero-order valence-corrected chi connectivity index (χ0v) is 16.7. The van der Waals surface area contributed by atoms with Crippen LogP contribution in [-0.4, -0.2) is 21.3 Å². The molecule has 1 atom stereocenters. The molecule has 1 unspecified atom stereocenters. The lowest BCUT2D eigenvalue weighted by Crippen LogP contribution is -2.34. The molecular weight excluding hydrogens is 406 g/mol. The van der Waals surface area contributed by atoms with Crippen molar-refractivity contribution in [2.75, 3.05) is 6.79 Å². The zero-order chi connectivity index (χ0) is 21.0. The fourth-order valence-electron chi connectivity index (χ4n) is 3.03. The third-order valence-corrected chi connectivity index (χ3v) is 6.48. The molecule has 8 heteroatoms. The van der Waals surface area contributed by atoms with Crippen LogP contribution in [0.15, 0.2) is 83.8 Å². The van der Waals surface area contributed by atoms with Gasteiger partial charge in [-0.15, -0.1) is 0 Å². The van der Waals surface area contributed by atoms with Gasteiger partial charge in [-0.2, -0.15) is 0 Å². The van der Waals surface area contributed by atoms with Crippen LogP contribution in [0.5, 0.6) is 11.5 Å². The normalized spacial score (nSPS) is 13.5. The number of nitrogens with one attached hydrogen (secondary N) is 1. The second kappa shape index (κ2) is 8.46. The van der Waals surface area contributed by atoms with Crippen LogP contribution in [0.4, 0.5) is 4.79 Å². The number of alkyl carbamates (subject to hydrolysis) is 1. The van der Waals surface area contributed by atoms with E-state index in [-0.39, 0.29) is 18.3 Å². The van der Waals surface area contributed by atoms with Crippen LogP contribution in [0, 0.1) is 0 Å². The van der Waals surface area contributed by atoms with E-state index in [1.165, 1.54) is 12.1 Å². The van der Waals surface area contributed by atoms with E-state index in [4.69, 9.17) is 14.2 Å². The Morgan fingerprint density at radius 2 is 1.60 bits per heavy atom. The maximum Gasteiger partial charge on any atom is 0.408 e. The molecule has 0 saturated heterocycles. The molecular formula is C22H19NO6S. The topological polar surface area (TPSA) is 90.9 Å². The van der Waals surface area contributed by atoms with Crippen LogP contribution < -0.4 is 14.8 Å². The summed E-state index contributed by atoms with van der Waals surface area (Å²) in [6.45, 7) is 0.0767. The number of amides is 1. The highest BCUT2D eigenvalue weighted by atomic mass is 32.2. The summed E-state index contributed by atoms with van der Waals surface area (Å²) >= 11 is 0. The fourth-order valence-corrected chi connectivity index (χ4v) is 4.60. The zero-order valence-electron chi connectivity index (χ0n) is 15.9. The van der Waals surface area contributed by atoms with Gasteiger partial charge >= 0.3 is 6.09 Å². The number of carbonyl (C=O) groups is 1. The van der Waals surface area contributed by atoms with Gasteiger partial charge in [0, 0.05) is 0 Å². The monoisotopic (exact) mass is 425 g/mol. The van der Waals surface area contributed by atoms with Gasteiger partial charge in [-0.1, -0.05) is 54.6 Å². The minimum Gasteiger partial charge on any atom is -0.454 e. The predicted molar refractivity (Wildman–Crippen MR) is 109 cm³/mol. The highest BCUT2D eigenvalue weighted by molar-refractivity contribution is 7.91. The van der Waals surface area contributed by atoms with Gasteiger partial charge in [-0.25, -0.2) is 13.2 Å². The number of sulfone groups is 1. The van der Waals surface area contributed by atoms with Crippen LogP contribution in [0.2, 0.25) is 0 Å². The highest BCUT2D eigenvalue weighted by Crippen LogP contribution is 2.36. The van der Waals surface area contributed by atoms with Crippen molar-refractivity contribution in [1.29, 1.82) is 0 Å². The average molecular weight is 425 g/mol. The largest absolute Gasteiger partial charge is 0.454 e. The number of fused-ring (bicyclic) bond motifs is 1. The molecule has 0 aromatic heterocycles. The van der Waals surface area contributed by atoms with E-state index < -0.39 is 21.3 Å². The highest BCUT2D eigenvalue weighted by Gasteiger charge is 2.32. The molecule has 1 aliphatic heterocycles. The molecule has 0 fully saturated rings. The van der Waals surface area contributed by atoms with Gasteiger partial charge in [0.1, 0.15) is 6.61 Å². The molecule has 1 amide bonds. The Hall–Kier alpha value is -3.52. The third kappa shape index (κ3) is 4.23. The van der Waals surface area contributed by atoms with Crippen LogP contribution in [0.3, 0.4) is 0 Å². The molecule has 0 aliphatic carbocycles. The van der Waals surface area contributed by atoms with Crippen LogP contribution in [-0.2, 0) is 21.2 Å². The molecule has 3 aromatic rings. The molecule has 0 radical (unpaired) electrons. The fraction of sp³-hybridized carbons (Fsp3) is 0.136. The van der Waals surface area contributed by atoms with Gasteiger partial charge in [0.2, 0.25) is 16.6 Å². The van der Waals surface area contributed by atoms with Crippen LogP contribution >= 0.6 is 0 Å². The maximum atomic E-state index is 13.3. The first kappa shape index (κ1) is 19.8. The number of carbonyl (C=O) groups excluding carboxylic acids is 1. The molecule has 0 bridgehead atoms. The van der Waals surface area contributed by atoms with Gasteiger partial charge in [0.05, 0.1) is 4.90 Å². The number of hydrogen-bond donors (Lipinski definition) is 1. The van der Waals surface area contributed by atoms with Crippen molar-refractivity contribution in [2.24, 2.45) is 0 Å². The molecule has 30 heavy (non-hydrogen) atoms. The Bertz CT molecular complexity index is 1130. The molecule has 1 aliphatic rings. The lowest BCUT2D eigenvalue weighted by molar-refractivity contribution is 0.138. The number of ether oxygens (including phenoxy) is 3. The molecule has 4 rings (SSSR count). The minimum atomic E-state index is -3.96. The van der Waals surface area contributed by atoms with Crippen molar-refractivity contribution in [1.82, 2.24) is 5.32 Å². The summed E-state index contributed by atoms with van der Waals surface area (Å²) < 4.78 is 42.5. The van der Waals surface area contributed by atoms with E-state index >= 15 is 0 Å². The second-order valence-electron chi connectivity index (χ2n) is 6.56. The SMILES string of the molecule is O=C(NC(c1ccc2c(c1)OCO2)S(=O)(=O)c1ccccc1)OCc1ccccc1. The summed E-state index contributed by atoms with van der Waals surface area (Å²) in [5, 5.41) is 1.12. The lowest BCUT2D eigenvalue weighted by Gasteiger charge is -2.20. The Morgan fingerprint density at radius 1 is 0.933 bits per heavy atom. The smallest absolute Gasteiger partial charge is 0.408 e. The number of rotatable bonds is 6. The first-order valence-electron chi connectivity index (χ1n) is 9.20. The van der Waals surface area contributed by atoms with E-state index in [1.54, 1.807) is 36.4 Å². The summed E-state index contributed by atoms with van der Waals surface area (Å²) in [7, 11) is -3.96. The summed E-state index contributed by atoms with van der Waals surface area (Å²) in [4.78, 5) is 12.5. The van der Waals surface area contributed by atoms with E-state index in [2.05, 4.69) is 5.32 Å². The Labute approximate surface area is 174 Å². The number of hydrogen-bond acceptors (Lipinski definition) is 6. The molecule has 0 spiro atoms. The van der Waals surface area contributed by atoms with Crippen molar-refractivity contribution >= 4 is 15.9 Å². The summed E-state index contributed by atoms with van der Waals surface area (Å²) in [5.74, 6) is 0.932. The van der Waals surface area contributed by atoms with Crippen molar-refractivity contribution in [2.45, 2.75) is 16.9 Å². The minimum absolute atomic E-state index is 0.0198. The summed E-state index contributed by atoms with van der Waals surface area (Å²) in [6.07, 6.45) is -0.846.